The largest absolute Gasteiger partial charge is 0.488 e. The molecule has 152 valence electrons. The van der Waals surface area contributed by atoms with Crippen molar-refractivity contribution >= 4 is 5.96 Å². The van der Waals surface area contributed by atoms with Crippen molar-refractivity contribution in [1.29, 1.82) is 0 Å². The van der Waals surface area contributed by atoms with Gasteiger partial charge in [0, 0.05) is 44.8 Å². The number of rotatable bonds is 9. The van der Waals surface area contributed by atoms with Crippen LogP contribution in [0.1, 0.15) is 39.2 Å². The average molecular weight is 378 g/mol. The lowest BCUT2D eigenvalue weighted by Crippen LogP contribution is -2.37. The van der Waals surface area contributed by atoms with Crippen molar-refractivity contribution in [2.45, 2.75) is 45.8 Å². The van der Waals surface area contributed by atoms with Crippen molar-refractivity contribution in [3.8, 4) is 5.75 Å². The Labute approximate surface area is 163 Å². The molecule has 6 heteroatoms. The van der Waals surface area contributed by atoms with E-state index in [1.54, 1.807) is 7.05 Å². The maximum absolute atomic E-state index is 6.04. The second-order valence-corrected chi connectivity index (χ2v) is 7.83. The first kappa shape index (κ1) is 21.5. The Morgan fingerprint density at radius 1 is 1.26 bits per heavy atom. The molecule has 1 aliphatic rings. The fourth-order valence-corrected chi connectivity index (χ4v) is 2.82. The Kier molecular flexibility index (Phi) is 8.88. The molecule has 0 amide bonds. The van der Waals surface area contributed by atoms with E-state index in [2.05, 4.69) is 42.5 Å². The van der Waals surface area contributed by atoms with Crippen molar-refractivity contribution in [2.24, 2.45) is 10.9 Å². The quantitative estimate of drug-likeness (QED) is 0.393. The Hall–Kier alpha value is -1.79. The highest BCUT2D eigenvalue weighted by molar-refractivity contribution is 5.79. The Bertz CT molecular complexity index is 578. The predicted octanol–water partition coefficient (Wildman–Crippen LogP) is 2.97. The molecular weight excluding hydrogens is 342 g/mol. The van der Waals surface area contributed by atoms with Gasteiger partial charge in [0.05, 0.1) is 13.2 Å². The first-order valence-electron chi connectivity index (χ1n) is 9.85. The highest BCUT2D eigenvalue weighted by Crippen LogP contribution is 2.22. The minimum atomic E-state index is -0.222. The van der Waals surface area contributed by atoms with E-state index in [0.29, 0.717) is 12.5 Å². The van der Waals surface area contributed by atoms with Crippen LogP contribution in [0.2, 0.25) is 0 Å². The summed E-state index contributed by atoms with van der Waals surface area (Å²) in [6.45, 7) is 10.9. The van der Waals surface area contributed by atoms with Gasteiger partial charge in [-0.05, 0) is 39.7 Å². The van der Waals surface area contributed by atoms with Crippen molar-refractivity contribution in [2.75, 3.05) is 40.0 Å². The van der Waals surface area contributed by atoms with E-state index in [1.165, 1.54) is 0 Å². The van der Waals surface area contributed by atoms with Crippen LogP contribution in [0.3, 0.4) is 0 Å². The molecule has 1 atom stereocenters. The topological polar surface area (TPSA) is 64.1 Å². The first-order valence-corrected chi connectivity index (χ1v) is 9.85. The summed E-state index contributed by atoms with van der Waals surface area (Å²) in [5.41, 5.74) is 0.887. The third kappa shape index (κ3) is 8.63. The molecule has 1 fully saturated rings. The summed E-state index contributed by atoms with van der Waals surface area (Å²) in [5.74, 6) is 2.25. The van der Waals surface area contributed by atoms with Crippen LogP contribution in [-0.4, -0.2) is 51.6 Å². The van der Waals surface area contributed by atoms with Crippen LogP contribution in [-0.2, 0) is 16.0 Å². The molecular formula is C21H35N3O3. The van der Waals surface area contributed by atoms with E-state index in [9.17, 15) is 0 Å². The smallest absolute Gasteiger partial charge is 0.191 e. The molecule has 0 spiro atoms. The number of nitrogens with one attached hydrogen (secondary N) is 2. The minimum absolute atomic E-state index is 0.222. The molecule has 1 aliphatic heterocycles. The fourth-order valence-electron chi connectivity index (χ4n) is 2.82. The van der Waals surface area contributed by atoms with Gasteiger partial charge in [-0.25, -0.2) is 0 Å². The molecule has 1 heterocycles. The molecule has 0 bridgehead atoms. The summed E-state index contributed by atoms with van der Waals surface area (Å²) in [7, 11) is 1.78. The molecule has 1 unspecified atom stereocenters. The molecule has 1 saturated heterocycles. The number of aliphatic imine (C=N–C) groups is 1. The van der Waals surface area contributed by atoms with Gasteiger partial charge in [-0.15, -0.1) is 0 Å². The molecule has 2 rings (SSSR count). The highest BCUT2D eigenvalue weighted by atomic mass is 16.5. The molecule has 6 nitrogen and oxygen atoms in total. The summed E-state index contributed by atoms with van der Waals surface area (Å²) in [4.78, 5) is 4.28. The molecule has 1 aromatic carbocycles. The molecule has 27 heavy (non-hydrogen) atoms. The number of hydrogen-bond acceptors (Lipinski definition) is 4. The van der Waals surface area contributed by atoms with Crippen molar-refractivity contribution in [1.82, 2.24) is 10.6 Å². The maximum Gasteiger partial charge on any atom is 0.191 e. The average Bonchev–Trinajstić information content (AvgIpc) is 3.14. The fraction of sp³-hybridized carbons (Fsp3) is 0.667. The monoisotopic (exact) mass is 377 g/mol. The molecule has 0 radical (unpaired) electrons. The Morgan fingerprint density at radius 2 is 2.07 bits per heavy atom. The summed E-state index contributed by atoms with van der Waals surface area (Å²) in [5, 5.41) is 6.68. The van der Waals surface area contributed by atoms with Crippen LogP contribution in [0.5, 0.6) is 5.75 Å². The van der Waals surface area contributed by atoms with Gasteiger partial charge in [0.1, 0.15) is 11.4 Å². The number of guanidine groups is 1. The number of benzene rings is 1. The Balaban J connectivity index is 1.66. The van der Waals surface area contributed by atoms with Crippen LogP contribution < -0.4 is 15.4 Å². The van der Waals surface area contributed by atoms with Gasteiger partial charge in [0.2, 0.25) is 0 Å². The lowest BCUT2D eigenvalue weighted by molar-refractivity contribution is 0.0888. The van der Waals surface area contributed by atoms with Gasteiger partial charge in [0.15, 0.2) is 5.96 Å². The normalized spacial score (nSPS) is 17.8. The number of hydrogen-bond donors (Lipinski definition) is 2. The van der Waals surface area contributed by atoms with Gasteiger partial charge < -0.3 is 24.8 Å². The van der Waals surface area contributed by atoms with E-state index in [1.807, 2.05) is 18.2 Å². The number of nitrogens with zero attached hydrogens (tertiary/aromatic N) is 1. The van der Waals surface area contributed by atoms with Gasteiger partial charge in [-0.1, -0.05) is 18.2 Å². The van der Waals surface area contributed by atoms with Crippen LogP contribution in [0.15, 0.2) is 29.3 Å². The number of para-hydroxylation sites is 1. The first-order chi connectivity index (χ1) is 13.0. The van der Waals surface area contributed by atoms with Gasteiger partial charge >= 0.3 is 0 Å². The summed E-state index contributed by atoms with van der Waals surface area (Å²) in [6, 6.07) is 8.10. The zero-order chi connectivity index (χ0) is 19.5. The second-order valence-electron chi connectivity index (χ2n) is 7.83. The van der Waals surface area contributed by atoms with Crippen LogP contribution in [0, 0.1) is 5.92 Å². The second kappa shape index (κ2) is 11.1. The van der Waals surface area contributed by atoms with Gasteiger partial charge in [-0.2, -0.15) is 0 Å². The minimum Gasteiger partial charge on any atom is -0.488 e. The van der Waals surface area contributed by atoms with E-state index in [4.69, 9.17) is 14.2 Å². The molecule has 2 N–H and O–H groups in total. The summed E-state index contributed by atoms with van der Waals surface area (Å²) in [6.07, 6.45) is 2.06. The number of ether oxygens (including phenoxy) is 3. The summed E-state index contributed by atoms with van der Waals surface area (Å²) < 4.78 is 17.1. The van der Waals surface area contributed by atoms with Gasteiger partial charge in [0.25, 0.3) is 0 Å². The van der Waals surface area contributed by atoms with E-state index >= 15 is 0 Å². The lowest BCUT2D eigenvalue weighted by atomic mass is 10.1. The summed E-state index contributed by atoms with van der Waals surface area (Å²) >= 11 is 0. The predicted molar refractivity (Wildman–Crippen MR) is 109 cm³/mol. The maximum atomic E-state index is 6.04. The lowest BCUT2D eigenvalue weighted by Gasteiger charge is -2.23. The van der Waals surface area contributed by atoms with Crippen molar-refractivity contribution in [3.05, 3.63) is 29.8 Å². The SMILES string of the molecule is CN=C(NCCCOCC1CCOC1)NCc1ccccc1OC(C)(C)C. The van der Waals surface area contributed by atoms with E-state index in [0.717, 1.165) is 63.1 Å². The third-order valence-corrected chi connectivity index (χ3v) is 4.19. The van der Waals surface area contributed by atoms with E-state index < -0.39 is 0 Å². The highest BCUT2D eigenvalue weighted by Gasteiger charge is 2.15. The van der Waals surface area contributed by atoms with Crippen molar-refractivity contribution < 1.29 is 14.2 Å². The Morgan fingerprint density at radius 3 is 2.78 bits per heavy atom. The van der Waals surface area contributed by atoms with Crippen LogP contribution in [0.4, 0.5) is 0 Å². The van der Waals surface area contributed by atoms with Crippen molar-refractivity contribution in [3.63, 3.8) is 0 Å². The molecule has 0 aromatic heterocycles. The standard InChI is InChI=1S/C21H35N3O3/c1-21(2,3)27-19-9-6-5-8-18(19)14-24-20(22-4)23-11-7-12-25-15-17-10-13-26-16-17/h5-6,8-9,17H,7,10-16H2,1-4H3,(H2,22,23,24). The van der Waals surface area contributed by atoms with E-state index in [-0.39, 0.29) is 5.60 Å². The zero-order valence-electron chi connectivity index (χ0n) is 17.2. The van der Waals surface area contributed by atoms with Gasteiger partial charge in [-0.3, -0.25) is 4.99 Å². The van der Waals surface area contributed by atoms with Crippen LogP contribution >= 0.6 is 0 Å². The third-order valence-electron chi connectivity index (χ3n) is 4.19. The zero-order valence-corrected chi connectivity index (χ0v) is 17.2. The molecule has 1 aromatic rings. The van der Waals surface area contributed by atoms with Crippen LogP contribution in [0.25, 0.3) is 0 Å². The molecule has 0 aliphatic carbocycles. The molecule has 0 saturated carbocycles.